The van der Waals surface area contributed by atoms with E-state index in [1.54, 1.807) is 12.1 Å². The van der Waals surface area contributed by atoms with Crippen LogP contribution >= 0.6 is 31.9 Å². The van der Waals surface area contributed by atoms with E-state index < -0.39 is 6.61 Å². The molecule has 19 heavy (non-hydrogen) atoms. The highest BCUT2D eigenvalue weighted by Gasteiger charge is 2.12. The molecule has 2 aromatic rings. The molecule has 0 aliphatic carbocycles. The van der Waals surface area contributed by atoms with E-state index in [9.17, 15) is 8.78 Å². The van der Waals surface area contributed by atoms with Crippen LogP contribution in [0.15, 0.2) is 53.0 Å². The lowest BCUT2D eigenvalue weighted by atomic mass is 10.0. The lowest BCUT2D eigenvalue weighted by molar-refractivity contribution is -0.0498. The molecule has 5 heteroatoms. The molecule has 0 spiro atoms. The predicted molar refractivity (Wildman–Crippen MR) is 78.0 cm³/mol. The third-order valence-electron chi connectivity index (χ3n) is 2.54. The molecule has 0 fully saturated rings. The van der Waals surface area contributed by atoms with E-state index in [-0.39, 0.29) is 10.6 Å². The topological polar surface area (TPSA) is 9.23 Å². The summed E-state index contributed by atoms with van der Waals surface area (Å²) in [7, 11) is 0. The molecule has 1 atom stereocenters. The van der Waals surface area contributed by atoms with E-state index in [1.807, 2.05) is 30.3 Å². The van der Waals surface area contributed by atoms with Gasteiger partial charge in [0.05, 0.1) is 4.83 Å². The van der Waals surface area contributed by atoms with E-state index in [1.165, 1.54) is 6.07 Å². The molecule has 0 saturated carbocycles. The molecule has 0 radical (unpaired) electrons. The Morgan fingerprint density at radius 2 is 1.63 bits per heavy atom. The lowest BCUT2D eigenvalue weighted by Gasteiger charge is -2.12. The maximum absolute atomic E-state index is 12.2. The van der Waals surface area contributed by atoms with Crippen molar-refractivity contribution in [3.63, 3.8) is 0 Å². The standard InChI is InChI=1S/C14H10Br2F2O/c15-11-6-4-9(5-7-11)13(16)10-2-1-3-12(8-10)19-14(17)18/h1-8,13-14H. The zero-order chi connectivity index (χ0) is 13.8. The second-order valence-electron chi connectivity index (χ2n) is 3.87. The van der Waals surface area contributed by atoms with Crippen LogP contribution in [0, 0.1) is 0 Å². The summed E-state index contributed by atoms with van der Waals surface area (Å²) in [4.78, 5) is -0.0678. The van der Waals surface area contributed by atoms with Crippen LogP contribution in [0.4, 0.5) is 8.78 Å². The fraction of sp³-hybridized carbons (Fsp3) is 0.143. The Hall–Kier alpha value is -0.940. The van der Waals surface area contributed by atoms with Crippen LogP contribution in [-0.4, -0.2) is 6.61 Å². The highest BCUT2D eigenvalue weighted by Crippen LogP contribution is 2.33. The summed E-state index contributed by atoms with van der Waals surface area (Å²) in [5, 5.41) is 0. The summed E-state index contributed by atoms with van der Waals surface area (Å²) >= 11 is 6.93. The molecular weight excluding hydrogens is 382 g/mol. The van der Waals surface area contributed by atoms with Crippen molar-refractivity contribution in [1.29, 1.82) is 0 Å². The van der Waals surface area contributed by atoms with Crippen molar-refractivity contribution in [2.75, 3.05) is 0 Å². The molecule has 0 N–H and O–H groups in total. The third kappa shape index (κ3) is 4.01. The maximum atomic E-state index is 12.2. The minimum atomic E-state index is -2.81. The van der Waals surface area contributed by atoms with Gasteiger partial charge >= 0.3 is 6.61 Å². The average Bonchev–Trinajstić information content (AvgIpc) is 2.38. The molecule has 1 nitrogen and oxygen atoms in total. The van der Waals surface area contributed by atoms with Gasteiger partial charge in [0.2, 0.25) is 0 Å². The van der Waals surface area contributed by atoms with Crippen molar-refractivity contribution in [3.8, 4) is 5.75 Å². The molecule has 0 aliphatic heterocycles. The first-order valence-corrected chi connectivity index (χ1v) is 7.21. The molecule has 2 aromatic carbocycles. The molecule has 0 bridgehead atoms. The van der Waals surface area contributed by atoms with Gasteiger partial charge in [-0.2, -0.15) is 8.78 Å². The number of hydrogen-bond acceptors (Lipinski definition) is 1. The normalized spacial score (nSPS) is 12.5. The van der Waals surface area contributed by atoms with E-state index in [2.05, 4.69) is 36.6 Å². The Labute approximate surface area is 126 Å². The number of rotatable bonds is 4. The predicted octanol–water partition coefficient (Wildman–Crippen LogP) is 5.53. The third-order valence-corrected chi connectivity index (χ3v) is 4.12. The van der Waals surface area contributed by atoms with Crippen LogP contribution in [0.2, 0.25) is 0 Å². The summed E-state index contributed by atoms with van der Waals surface area (Å²) in [6.07, 6.45) is 0. The quantitative estimate of drug-likeness (QED) is 0.622. The molecular formula is C14H10Br2F2O. The Bertz CT molecular complexity index is 543. The highest BCUT2D eigenvalue weighted by atomic mass is 79.9. The van der Waals surface area contributed by atoms with Gasteiger partial charge in [-0.05, 0) is 35.4 Å². The molecule has 0 amide bonds. The minimum Gasteiger partial charge on any atom is -0.435 e. The molecule has 0 aromatic heterocycles. The SMILES string of the molecule is FC(F)Oc1cccc(C(Br)c2ccc(Br)cc2)c1. The molecule has 0 aliphatic rings. The van der Waals surface area contributed by atoms with Crippen molar-refractivity contribution in [3.05, 3.63) is 64.1 Å². The molecule has 100 valence electrons. The number of halogens is 4. The van der Waals surface area contributed by atoms with Crippen LogP contribution in [0.5, 0.6) is 5.75 Å². The minimum absolute atomic E-state index is 0.0678. The van der Waals surface area contributed by atoms with Crippen LogP contribution in [0.1, 0.15) is 16.0 Å². The fourth-order valence-electron chi connectivity index (χ4n) is 1.67. The zero-order valence-corrected chi connectivity index (χ0v) is 12.9. The highest BCUT2D eigenvalue weighted by molar-refractivity contribution is 9.10. The first-order valence-electron chi connectivity index (χ1n) is 5.50. The van der Waals surface area contributed by atoms with Gasteiger partial charge in [-0.25, -0.2) is 0 Å². The van der Waals surface area contributed by atoms with Crippen LogP contribution in [0.3, 0.4) is 0 Å². The average molecular weight is 392 g/mol. The molecule has 0 heterocycles. The van der Waals surface area contributed by atoms with Crippen molar-refractivity contribution in [1.82, 2.24) is 0 Å². The summed E-state index contributed by atoms with van der Waals surface area (Å²) in [5.41, 5.74) is 1.90. The Morgan fingerprint density at radius 3 is 2.26 bits per heavy atom. The van der Waals surface area contributed by atoms with Crippen molar-refractivity contribution < 1.29 is 13.5 Å². The summed E-state index contributed by atoms with van der Waals surface area (Å²) in [6, 6.07) is 14.5. The van der Waals surface area contributed by atoms with Crippen LogP contribution in [-0.2, 0) is 0 Å². The van der Waals surface area contributed by atoms with Crippen molar-refractivity contribution >= 4 is 31.9 Å². The van der Waals surface area contributed by atoms with Crippen molar-refractivity contribution in [2.45, 2.75) is 11.4 Å². The van der Waals surface area contributed by atoms with Gasteiger partial charge in [-0.15, -0.1) is 0 Å². The first-order chi connectivity index (χ1) is 9.06. The van der Waals surface area contributed by atoms with Gasteiger partial charge in [0.1, 0.15) is 5.75 Å². The zero-order valence-electron chi connectivity index (χ0n) is 9.69. The number of hydrogen-bond donors (Lipinski definition) is 0. The second kappa shape index (κ2) is 6.48. The van der Waals surface area contributed by atoms with Gasteiger partial charge in [-0.3, -0.25) is 0 Å². The van der Waals surface area contributed by atoms with E-state index in [4.69, 9.17) is 0 Å². The number of ether oxygens (including phenoxy) is 1. The molecule has 1 unspecified atom stereocenters. The largest absolute Gasteiger partial charge is 0.435 e. The Kier molecular flexibility index (Phi) is 4.93. The first kappa shape index (κ1) is 14.5. The molecule has 0 saturated heterocycles. The van der Waals surface area contributed by atoms with Gasteiger partial charge in [0.25, 0.3) is 0 Å². The van der Waals surface area contributed by atoms with Gasteiger partial charge in [0.15, 0.2) is 0 Å². The Balaban J connectivity index is 2.23. The van der Waals surface area contributed by atoms with E-state index >= 15 is 0 Å². The van der Waals surface area contributed by atoms with Crippen molar-refractivity contribution in [2.24, 2.45) is 0 Å². The van der Waals surface area contributed by atoms with E-state index in [0.29, 0.717) is 0 Å². The van der Waals surface area contributed by atoms with E-state index in [0.717, 1.165) is 15.6 Å². The monoisotopic (exact) mass is 390 g/mol. The van der Waals surface area contributed by atoms with Gasteiger partial charge < -0.3 is 4.74 Å². The van der Waals surface area contributed by atoms with Crippen LogP contribution < -0.4 is 4.74 Å². The number of alkyl halides is 3. The van der Waals surface area contributed by atoms with Gasteiger partial charge in [-0.1, -0.05) is 56.1 Å². The van der Waals surface area contributed by atoms with Gasteiger partial charge in [0, 0.05) is 4.47 Å². The maximum Gasteiger partial charge on any atom is 0.387 e. The second-order valence-corrected chi connectivity index (χ2v) is 5.70. The summed E-state index contributed by atoms with van der Waals surface area (Å²) < 4.78 is 29.8. The summed E-state index contributed by atoms with van der Waals surface area (Å²) in [5.74, 6) is 0.161. The lowest BCUT2D eigenvalue weighted by Crippen LogP contribution is -2.02. The summed E-state index contributed by atoms with van der Waals surface area (Å²) in [6.45, 7) is -2.81. The smallest absolute Gasteiger partial charge is 0.387 e. The Morgan fingerprint density at radius 1 is 0.947 bits per heavy atom. The number of benzene rings is 2. The fourth-order valence-corrected chi connectivity index (χ4v) is 2.53. The molecule has 2 rings (SSSR count). The van der Waals surface area contributed by atoms with Crippen LogP contribution in [0.25, 0.3) is 0 Å².